The molecule has 1 atom stereocenters. The van der Waals surface area contributed by atoms with Crippen LogP contribution < -0.4 is 10.2 Å². The van der Waals surface area contributed by atoms with Gasteiger partial charge in [-0.15, -0.1) is 0 Å². The second kappa shape index (κ2) is 7.54. The molecule has 3 aromatic rings. The highest BCUT2D eigenvalue weighted by Gasteiger charge is 2.23. The standard InChI is InChI=1S/C21H28N6O/c1-26-20-16(8-9-18(24-20)27-11-4-2-3-5-12-27)19(25-26)17-14-28-21(23-17)15-7-6-10-22-13-15/h8-9,14-15,22H,2-7,10-13H2,1H3. The van der Waals surface area contributed by atoms with Gasteiger partial charge in [0, 0.05) is 38.0 Å². The molecule has 1 N–H and O–H groups in total. The van der Waals surface area contributed by atoms with Gasteiger partial charge >= 0.3 is 0 Å². The van der Waals surface area contributed by atoms with Gasteiger partial charge in [0.15, 0.2) is 11.5 Å². The Morgan fingerprint density at radius 2 is 1.93 bits per heavy atom. The summed E-state index contributed by atoms with van der Waals surface area (Å²) >= 11 is 0. The van der Waals surface area contributed by atoms with E-state index in [1.165, 1.54) is 25.7 Å². The van der Waals surface area contributed by atoms with Crippen molar-refractivity contribution in [3.63, 3.8) is 0 Å². The fraction of sp³-hybridized carbons (Fsp3) is 0.571. The molecule has 5 heterocycles. The number of pyridine rings is 1. The first kappa shape index (κ1) is 17.7. The van der Waals surface area contributed by atoms with Crippen LogP contribution in [0.2, 0.25) is 0 Å². The Bertz CT molecular complexity index is 947. The fourth-order valence-electron chi connectivity index (χ4n) is 4.43. The molecule has 0 aromatic carbocycles. The third-order valence-corrected chi connectivity index (χ3v) is 6.01. The first-order valence-corrected chi connectivity index (χ1v) is 10.5. The first-order valence-electron chi connectivity index (χ1n) is 10.5. The predicted octanol–water partition coefficient (Wildman–Crippen LogP) is 3.47. The number of aromatic nitrogens is 4. The van der Waals surface area contributed by atoms with Crippen molar-refractivity contribution in [1.82, 2.24) is 25.1 Å². The summed E-state index contributed by atoms with van der Waals surface area (Å²) in [5.41, 5.74) is 2.56. The van der Waals surface area contributed by atoms with Crippen LogP contribution in [0.25, 0.3) is 22.4 Å². The minimum atomic E-state index is 0.352. The maximum atomic E-state index is 5.82. The molecular formula is C21H28N6O. The van der Waals surface area contributed by atoms with Gasteiger partial charge in [-0.3, -0.25) is 0 Å². The second-order valence-electron chi connectivity index (χ2n) is 8.03. The number of anilines is 1. The van der Waals surface area contributed by atoms with Crippen molar-refractivity contribution < 1.29 is 4.42 Å². The van der Waals surface area contributed by atoms with E-state index in [9.17, 15) is 0 Å². The van der Waals surface area contributed by atoms with Crippen molar-refractivity contribution in [1.29, 1.82) is 0 Å². The van der Waals surface area contributed by atoms with Crippen LogP contribution in [0.1, 0.15) is 50.3 Å². The SMILES string of the molecule is Cn1nc(-c2coc(C3CCCNC3)n2)c2ccc(N3CCCCCC3)nc21. The Kier molecular flexibility index (Phi) is 4.76. The van der Waals surface area contributed by atoms with Gasteiger partial charge in [-0.2, -0.15) is 5.10 Å². The molecule has 0 radical (unpaired) electrons. The molecule has 0 amide bonds. The lowest BCUT2D eigenvalue weighted by atomic mass is 10.00. The van der Waals surface area contributed by atoms with Crippen LogP contribution in [0.4, 0.5) is 5.82 Å². The van der Waals surface area contributed by atoms with E-state index < -0.39 is 0 Å². The van der Waals surface area contributed by atoms with E-state index in [0.29, 0.717) is 5.92 Å². The molecule has 7 heteroatoms. The number of rotatable bonds is 3. The van der Waals surface area contributed by atoms with Gasteiger partial charge in [0.25, 0.3) is 0 Å². The molecule has 28 heavy (non-hydrogen) atoms. The highest BCUT2D eigenvalue weighted by molar-refractivity contribution is 5.90. The Labute approximate surface area is 165 Å². The van der Waals surface area contributed by atoms with E-state index in [-0.39, 0.29) is 0 Å². The number of hydrogen-bond acceptors (Lipinski definition) is 6. The van der Waals surface area contributed by atoms with Crippen LogP contribution in [-0.2, 0) is 7.05 Å². The number of aryl methyl sites for hydroxylation is 1. The molecule has 2 saturated heterocycles. The topological polar surface area (TPSA) is 72.0 Å². The number of hydrogen-bond donors (Lipinski definition) is 1. The normalized spacial score (nSPS) is 21.2. The van der Waals surface area contributed by atoms with E-state index in [1.807, 2.05) is 11.7 Å². The zero-order valence-corrected chi connectivity index (χ0v) is 16.5. The molecule has 0 bridgehead atoms. The summed E-state index contributed by atoms with van der Waals surface area (Å²) in [5, 5.41) is 9.17. The van der Waals surface area contributed by atoms with E-state index in [4.69, 9.17) is 19.5 Å². The lowest BCUT2D eigenvalue weighted by Gasteiger charge is -2.21. The molecule has 3 aromatic heterocycles. The zero-order chi connectivity index (χ0) is 18.9. The number of nitrogens with zero attached hydrogens (tertiary/aromatic N) is 5. The predicted molar refractivity (Wildman–Crippen MR) is 110 cm³/mol. The van der Waals surface area contributed by atoms with Gasteiger partial charge in [-0.25, -0.2) is 14.6 Å². The third kappa shape index (κ3) is 3.28. The highest BCUT2D eigenvalue weighted by Crippen LogP contribution is 2.31. The maximum Gasteiger partial charge on any atom is 0.199 e. The number of piperidine rings is 1. The van der Waals surface area contributed by atoms with Crippen molar-refractivity contribution in [3.8, 4) is 11.4 Å². The Hall–Kier alpha value is -2.41. The molecule has 5 rings (SSSR count). The summed E-state index contributed by atoms with van der Waals surface area (Å²) in [7, 11) is 1.96. The second-order valence-corrected chi connectivity index (χ2v) is 8.03. The van der Waals surface area contributed by atoms with Crippen LogP contribution in [0.5, 0.6) is 0 Å². The lowest BCUT2D eigenvalue weighted by Crippen LogP contribution is -2.28. The lowest BCUT2D eigenvalue weighted by molar-refractivity contribution is 0.376. The minimum Gasteiger partial charge on any atom is -0.448 e. The summed E-state index contributed by atoms with van der Waals surface area (Å²) in [6.07, 6.45) is 9.16. The zero-order valence-electron chi connectivity index (χ0n) is 16.5. The molecular weight excluding hydrogens is 352 g/mol. The molecule has 2 aliphatic heterocycles. The van der Waals surface area contributed by atoms with E-state index in [1.54, 1.807) is 6.26 Å². The van der Waals surface area contributed by atoms with Crippen molar-refractivity contribution in [3.05, 3.63) is 24.3 Å². The monoisotopic (exact) mass is 380 g/mol. The Morgan fingerprint density at radius 3 is 2.71 bits per heavy atom. The molecule has 0 aliphatic carbocycles. The smallest absolute Gasteiger partial charge is 0.199 e. The number of fused-ring (bicyclic) bond motifs is 1. The minimum absolute atomic E-state index is 0.352. The summed E-state index contributed by atoms with van der Waals surface area (Å²) in [6, 6.07) is 4.27. The van der Waals surface area contributed by atoms with Crippen molar-refractivity contribution in [2.45, 2.75) is 44.4 Å². The van der Waals surface area contributed by atoms with Crippen molar-refractivity contribution >= 4 is 16.9 Å². The van der Waals surface area contributed by atoms with Crippen LogP contribution in [0.15, 0.2) is 22.8 Å². The third-order valence-electron chi connectivity index (χ3n) is 6.01. The molecule has 0 saturated carbocycles. The summed E-state index contributed by atoms with van der Waals surface area (Å²) in [4.78, 5) is 12.1. The first-order chi connectivity index (χ1) is 13.8. The molecule has 148 valence electrons. The van der Waals surface area contributed by atoms with Gasteiger partial charge in [0.05, 0.1) is 0 Å². The maximum absolute atomic E-state index is 5.82. The van der Waals surface area contributed by atoms with Gasteiger partial charge in [-0.1, -0.05) is 12.8 Å². The average Bonchev–Trinajstić information content (AvgIpc) is 3.24. The highest BCUT2D eigenvalue weighted by atomic mass is 16.3. The van der Waals surface area contributed by atoms with E-state index >= 15 is 0 Å². The summed E-state index contributed by atoms with van der Waals surface area (Å²) in [5.74, 6) is 2.22. The molecule has 2 aliphatic rings. The van der Waals surface area contributed by atoms with E-state index in [2.05, 4.69) is 22.3 Å². The van der Waals surface area contributed by atoms with Gasteiger partial charge in [0.2, 0.25) is 0 Å². The van der Waals surface area contributed by atoms with Crippen LogP contribution in [-0.4, -0.2) is 45.9 Å². The average molecular weight is 380 g/mol. The van der Waals surface area contributed by atoms with Crippen LogP contribution in [0.3, 0.4) is 0 Å². The summed E-state index contributed by atoms with van der Waals surface area (Å²) < 4.78 is 7.68. The summed E-state index contributed by atoms with van der Waals surface area (Å²) in [6.45, 7) is 4.19. The van der Waals surface area contributed by atoms with E-state index in [0.717, 1.165) is 73.2 Å². The van der Waals surface area contributed by atoms with Crippen molar-refractivity contribution in [2.75, 3.05) is 31.1 Å². The fourth-order valence-corrected chi connectivity index (χ4v) is 4.43. The van der Waals surface area contributed by atoms with Crippen LogP contribution in [0, 0.1) is 0 Å². The van der Waals surface area contributed by atoms with Crippen LogP contribution >= 0.6 is 0 Å². The molecule has 2 fully saturated rings. The van der Waals surface area contributed by atoms with Gasteiger partial charge in [0.1, 0.15) is 23.5 Å². The largest absolute Gasteiger partial charge is 0.448 e. The van der Waals surface area contributed by atoms with Gasteiger partial charge < -0.3 is 14.6 Å². The number of oxazole rings is 1. The molecule has 7 nitrogen and oxygen atoms in total. The Morgan fingerprint density at radius 1 is 1.07 bits per heavy atom. The van der Waals surface area contributed by atoms with Gasteiger partial charge in [-0.05, 0) is 44.4 Å². The quantitative estimate of drug-likeness (QED) is 0.750. The Balaban J connectivity index is 1.46. The number of nitrogens with one attached hydrogen (secondary N) is 1. The van der Waals surface area contributed by atoms with Crippen molar-refractivity contribution in [2.24, 2.45) is 7.05 Å². The molecule has 0 spiro atoms. The molecule has 1 unspecified atom stereocenters.